The average Bonchev–Trinajstić information content (AvgIpc) is 2.45. The lowest BCUT2D eigenvalue weighted by Gasteiger charge is -2.08. The molecule has 4 nitrogen and oxygen atoms in total. The summed E-state index contributed by atoms with van der Waals surface area (Å²) in [6, 6.07) is 5.10. The summed E-state index contributed by atoms with van der Waals surface area (Å²) in [4.78, 5) is 11.6. The molecule has 0 radical (unpaired) electrons. The summed E-state index contributed by atoms with van der Waals surface area (Å²) in [5.41, 5.74) is 0.946. The number of hydrogen-bond donors (Lipinski definition) is 1. The fraction of sp³-hybridized carbons (Fsp3) is 0.588. The van der Waals surface area contributed by atoms with Gasteiger partial charge in [0.25, 0.3) is 0 Å². The van der Waals surface area contributed by atoms with Gasteiger partial charge >= 0.3 is 5.97 Å². The second-order valence-electron chi connectivity index (χ2n) is 5.62. The van der Waals surface area contributed by atoms with E-state index in [4.69, 9.17) is 9.47 Å². The van der Waals surface area contributed by atoms with E-state index in [1.807, 2.05) is 0 Å². The van der Waals surface area contributed by atoms with Crippen molar-refractivity contribution in [2.24, 2.45) is 5.92 Å². The molecule has 4 heteroatoms. The Morgan fingerprint density at radius 2 is 2.05 bits per heavy atom. The van der Waals surface area contributed by atoms with Crippen LogP contribution in [0.15, 0.2) is 18.2 Å². The number of ether oxygens (including phenoxy) is 2. The molecule has 0 saturated carbocycles. The van der Waals surface area contributed by atoms with E-state index in [0.29, 0.717) is 31.1 Å². The van der Waals surface area contributed by atoms with E-state index in [1.54, 1.807) is 18.2 Å². The van der Waals surface area contributed by atoms with Crippen LogP contribution in [-0.4, -0.2) is 24.8 Å². The van der Waals surface area contributed by atoms with Crippen LogP contribution in [0.5, 0.6) is 11.5 Å². The number of methoxy groups -OCH3 is 1. The maximum atomic E-state index is 11.6. The van der Waals surface area contributed by atoms with Crippen molar-refractivity contribution < 1.29 is 19.4 Å². The number of unbranched alkanes of at least 4 members (excludes halogenated alkanes) is 1. The first kappa shape index (κ1) is 17.3. The van der Waals surface area contributed by atoms with Crippen molar-refractivity contribution in [3.63, 3.8) is 0 Å². The summed E-state index contributed by atoms with van der Waals surface area (Å²) in [5, 5.41) is 9.50. The molecule has 0 aromatic heterocycles. The summed E-state index contributed by atoms with van der Waals surface area (Å²) < 4.78 is 10.2. The summed E-state index contributed by atoms with van der Waals surface area (Å²) in [6.45, 7) is 4.89. The number of aromatic hydroxyl groups is 1. The van der Waals surface area contributed by atoms with E-state index < -0.39 is 0 Å². The van der Waals surface area contributed by atoms with Crippen LogP contribution in [0.1, 0.15) is 45.1 Å². The zero-order valence-electron chi connectivity index (χ0n) is 13.2. The number of rotatable bonds is 9. The van der Waals surface area contributed by atoms with Gasteiger partial charge in [-0.05, 0) is 42.9 Å². The van der Waals surface area contributed by atoms with Gasteiger partial charge in [-0.25, -0.2) is 0 Å². The van der Waals surface area contributed by atoms with Gasteiger partial charge in [0.05, 0.1) is 13.7 Å². The maximum Gasteiger partial charge on any atom is 0.306 e. The Hall–Kier alpha value is -1.71. The predicted molar refractivity (Wildman–Crippen MR) is 82.6 cm³/mol. The summed E-state index contributed by atoms with van der Waals surface area (Å²) in [7, 11) is 1.50. The van der Waals surface area contributed by atoms with Crippen molar-refractivity contribution in [3.8, 4) is 11.5 Å². The monoisotopic (exact) mass is 294 g/mol. The molecule has 1 aromatic rings. The van der Waals surface area contributed by atoms with Crippen molar-refractivity contribution >= 4 is 5.97 Å². The lowest BCUT2D eigenvalue weighted by molar-refractivity contribution is -0.143. The number of carbonyl (C=O) groups is 1. The van der Waals surface area contributed by atoms with E-state index in [0.717, 1.165) is 18.4 Å². The zero-order chi connectivity index (χ0) is 15.7. The molecule has 0 aliphatic heterocycles. The molecule has 1 N–H and O–H groups in total. The van der Waals surface area contributed by atoms with Gasteiger partial charge in [0.1, 0.15) is 0 Å². The van der Waals surface area contributed by atoms with Crippen molar-refractivity contribution in [3.05, 3.63) is 23.8 Å². The number of aryl methyl sites for hydroxylation is 1. The van der Waals surface area contributed by atoms with Crippen LogP contribution in [-0.2, 0) is 16.0 Å². The molecule has 0 atom stereocenters. The summed E-state index contributed by atoms with van der Waals surface area (Å²) >= 11 is 0. The number of phenols is 1. The highest BCUT2D eigenvalue weighted by atomic mass is 16.5. The third-order valence-electron chi connectivity index (χ3n) is 3.30. The van der Waals surface area contributed by atoms with Crippen molar-refractivity contribution in [1.29, 1.82) is 0 Å². The Morgan fingerprint density at radius 1 is 1.29 bits per heavy atom. The number of hydrogen-bond acceptors (Lipinski definition) is 4. The molecule has 0 bridgehead atoms. The SMILES string of the molecule is COc1cc(CCC(=O)OCCCCC(C)C)ccc1O. The number of esters is 1. The highest BCUT2D eigenvalue weighted by Crippen LogP contribution is 2.26. The smallest absolute Gasteiger partial charge is 0.306 e. The fourth-order valence-electron chi connectivity index (χ4n) is 2.04. The molecule has 0 unspecified atom stereocenters. The quantitative estimate of drug-likeness (QED) is 0.557. The van der Waals surface area contributed by atoms with E-state index >= 15 is 0 Å². The molecule has 1 rings (SSSR count). The predicted octanol–water partition coefficient (Wildman–Crippen LogP) is 3.70. The minimum absolute atomic E-state index is 0.106. The third-order valence-corrected chi connectivity index (χ3v) is 3.30. The van der Waals surface area contributed by atoms with E-state index in [2.05, 4.69) is 13.8 Å². The van der Waals surface area contributed by atoms with Crippen LogP contribution < -0.4 is 4.74 Å². The van der Waals surface area contributed by atoms with Gasteiger partial charge in [-0.2, -0.15) is 0 Å². The molecule has 1 aromatic carbocycles. The molecule has 21 heavy (non-hydrogen) atoms. The van der Waals surface area contributed by atoms with Crippen LogP contribution >= 0.6 is 0 Å². The van der Waals surface area contributed by atoms with Gasteiger partial charge in [0.15, 0.2) is 11.5 Å². The maximum absolute atomic E-state index is 11.6. The minimum Gasteiger partial charge on any atom is -0.504 e. The van der Waals surface area contributed by atoms with Crippen LogP contribution in [0.2, 0.25) is 0 Å². The normalized spacial score (nSPS) is 10.7. The zero-order valence-corrected chi connectivity index (χ0v) is 13.2. The van der Waals surface area contributed by atoms with Gasteiger partial charge in [0.2, 0.25) is 0 Å². The summed E-state index contributed by atoms with van der Waals surface area (Å²) in [5.74, 6) is 1.06. The van der Waals surface area contributed by atoms with E-state index in [-0.39, 0.29) is 11.7 Å². The second-order valence-corrected chi connectivity index (χ2v) is 5.62. The summed E-state index contributed by atoms with van der Waals surface area (Å²) in [6.07, 6.45) is 4.13. The van der Waals surface area contributed by atoms with E-state index in [1.165, 1.54) is 13.5 Å². The second kappa shape index (κ2) is 9.27. The first-order valence-electron chi connectivity index (χ1n) is 7.54. The topological polar surface area (TPSA) is 55.8 Å². The molecule has 0 aliphatic rings. The molecule has 0 aliphatic carbocycles. The van der Waals surface area contributed by atoms with Gasteiger partial charge in [-0.15, -0.1) is 0 Å². The first-order chi connectivity index (χ1) is 10.0. The lowest BCUT2D eigenvalue weighted by atomic mass is 10.1. The van der Waals surface area contributed by atoms with Gasteiger partial charge in [-0.3, -0.25) is 4.79 Å². The molecule has 0 heterocycles. The molecular formula is C17H26O4. The number of phenolic OH excluding ortho intramolecular Hbond substituents is 1. The van der Waals surface area contributed by atoms with Crippen molar-refractivity contribution in [1.82, 2.24) is 0 Å². The number of benzene rings is 1. The Labute approximate surface area is 127 Å². The van der Waals surface area contributed by atoms with Gasteiger partial charge in [-0.1, -0.05) is 26.3 Å². The minimum atomic E-state index is -0.174. The molecular weight excluding hydrogens is 268 g/mol. The standard InChI is InChI=1S/C17H26O4/c1-13(2)6-4-5-11-21-17(19)10-8-14-7-9-15(18)16(12-14)20-3/h7,9,12-13,18H,4-6,8,10-11H2,1-3H3. The fourth-order valence-corrected chi connectivity index (χ4v) is 2.04. The Balaban J connectivity index is 2.24. The highest BCUT2D eigenvalue weighted by molar-refractivity contribution is 5.69. The Kier molecular flexibility index (Phi) is 7.65. The Morgan fingerprint density at radius 3 is 2.71 bits per heavy atom. The molecule has 0 amide bonds. The first-order valence-corrected chi connectivity index (χ1v) is 7.54. The Bertz CT molecular complexity index is 440. The molecule has 0 fully saturated rings. The lowest BCUT2D eigenvalue weighted by Crippen LogP contribution is -2.07. The molecule has 0 spiro atoms. The van der Waals surface area contributed by atoms with Crippen LogP contribution in [0.3, 0.4) is 0 Å². The van der Waals surface area contributed by atoms with Gasteiger partial charge in [0, 0.05) is 6.42 Å². The molecule has 0 saturated heterocycles. The van der Waals surface area contributed by atoms with Crippen molar-refractivity contribution in [2.75, 3.05) is 13.7 Å². The largest absolute Gasteiger partial charge is 0.504 e. The number of carbonyl (C=O) groups excluding carboxylic acids is 1. The third kappa shape index (κ3) is 7.02. The van der Waals surface area contributed by atoms with Gasteiger partial charge < -0.3 is 14.6 Å². The average molecular weight is 294 g/mol. The van der Waals surface area contributed by atoms with Crippen LogP contribution in [0.25, 0.3) is 0 Å². The van der Waals surface area contributed by atoms with Crippen LogP contribution in [0, 0.1) is 5.92 Å². The van der Waals surface area contributed by atoms with Crippen molar-refractivity contribution in [2.45, 2.75) is 46.0 Å². The molecule has 118 valence electrons. The highest BCUT2D eigenvalue weighted by Gasteiger charge is 2.07. The van der Waals surface area contributed by atoms with E-state index in [9.17, 15) is 9.90 Å². The van der Waals surface area contributed by atoms with Crippen LogP contribution in [0.4, 0.5) is 0 Å².